The third kappa shape index (κ3) is 8.63. The lowest BCUT2D eigenvalue weighted by Crippen LogP contribution is -2.59. The monoisotopic (exact) mass is 687 g/mol. The molecular formula is C39H61NO9. The Morgan fingerprint density at radius 1 is 0.918 bits per heavy atom. The van der Waals surface area contributed by atoms with Gasteiger partial charge < -0.3 is 23.7 Å². The van der Waals surface area contributed by atoms with E-state index in [0.29, 0.717) is 44.3 Å². The summed E-state index contributed by atoms with van der Waals surface area (Å²) >= 11 is 0. The van der Waals surface area contributed by atoms with E-state index < -0.39 is 51.4 Å². The lowest BCUT2D eigenvalue weighted by Gasteiger charge is -2.59. The SMILES string of the molecule is CCOC(C)OC(=O)C(C)(CC(C)(C#N)CC(C)(CC)C(=O)OCC1CCCOC1=O)CC(C)(C)C(=O)OC1(C)C2CC3CC(C2)CC1C3. The van der Waals surface area contributed by atoms with Gasteiger partial charge in [0.15, 0.2) is 6.29 Å². The Balaban J connectivity index is 1.54. The van der Waals surface area contributed by atoms with E-state index in [0.717, 1.165) is 37.5 Å². The molecule has 10 nitrogen and oxygen atoms in total. The highest BCUT2D eigenvalue weighted by Crippen LogP contribution is 2.60. The first kappa shape index (κ1) is 39.1. The van der Waals surface area contributed by atoms with Gasteiger partial charge in [-0.25, -0.2) is 0 Å². The molecule has 10 heteroatoms. The second kappa shape index (κ2) is 14.9. The van der Waals surface area contributed by atoms with Crippen molar-refractivity contribution in [3.63, 3.8) is 0 Å². The van der Waals surface area contributed by atoms with E-state index in [2.05, 4.69) is 13.0 Å². The normalized spacial score (nSPS) is 32.0. The molecule has 1 heterocycles. The van der Waals surface area contributed by atoms with Crippen LogP contribution in [0.15, 0.2) is 0 Å². The summed E-state index contributed by atoms with van der Waals surface area (Å²) in [6, 6.07) is 2.41. The number of esters is 4. The standard InChI is InChI=1S/C39H61NO9/c1-10-37(7,33(43)47-20-28-13-12-14-46-31(28)41)22-36(6,24-40)23-38(8,34(44)48-25(3)45-11-2)21-35(4,5)32(42)49-39(9)29-16-26-15-27(18-29)19-30(39)17-26/h25-30H,10-23H2,1-9H3. The fourth-order valence-electron chi connectivity index (χ4n) is 9.89. The molecule has 49 heavy (non-hydrogen) atoms. The van der Waals surface area contributed by atoms with Crippen LogP contribution in [-0.2, 0) is 42.9 Å². The van der Waals surface area contributed by atoms with Crippen molar-refractivity contribution in [1.82, 2.24) is 0 Å². The summed E-state index contributed by atoms with van der Waals surface area (Å²) in [5.41, 5.74) is -5.19. The molecule has 0 radical (unpaired) electrons. The number of hydrogen-bond donors (Lipinski definition) is 0. The van der Waals surface area contributed by atoms with Crippen molar-refractivity contribution in [2.75, 3.05) is 19.8 Å². The van der Waals surface area contributed by atoms with Crippen LogP contribution in [0.25, 0.3) is 0 Å². The molecule has 5 aliphatic rings. The number of ether oxygens (including phenoxy) is 5. The second-order valence-corrected chi connectivity index (χ2v) is 17.5. The van der Waals surface area contributed by atoms with Crippen molar-refractivity contribution in [2.45, 2.75) is 145 Å². The van der Waals surface area contributed by atoms with Gasteiger partial charge in [-0.3, -0.25) is 19.2 Å². The quantitative estimate of drug-likeness (QED) is 0.0922. The summed E-state index contributed by atoms with van der Waals surface area (Å²) in [6.07, 6.45) is 6.73. The van der Waals surface area contributed by atoms with Crippen LogP contribution >= 0.6 is 0 Å². The molecular weight excluding hydrogens is 626 g/mol. The number of nitrogens with zero attached hydrogens (tertiary/aromatic N) is 1. The molecule has 0 aromatic carbocycles. The second-order valence-electron chi connectivity index (χ2n) is 17.5. The highest BCUT2D eigenvalue weighted by atomic mass is 16.7. The number of hydrogen-bond acceptors (Lipinski definition) is 10. The molecule has 5 atom stereocenters. The van der Waals surface area contributed by atoms with Crippen molar-refractivity contribution in [1.29, 1.82) is 5.26 Å². The maximum Gasteiger partial charge on any atom is 0.314 e. The number of cyclic esters (lactones) is 1. The lowest BCUT2D eigenvalue weighted by molar-refractivity contribution is -0.213. The van der Waals surface area contributed by atoms with Crippen LogP contribution in [0.1, 0.15) is 133 Å². The predicted octanol–water partition coefficient (Wildman–Crippen LogP) is 7.32. The van der Waals surface area contributed by atoms with Crippen LogP contribution in [0.2, 0.25) is 0 Å². The minimum Gasteiger partial charge on any atom is -0.465 e. The van der Waals surface area contributed by atoms with Crippen molar-refractivity contribution in [3.05, 3.63) is 0 Å². The molecule has 0 aromatic heterocycles. The van der Waals surface area contributed by atoms with Crippen LogP contribution in [0.3, 0.4) is 0 Å². The average molecular weight is 688 g/mol. The zero-order valence-corrected chi connectivity index (χ0v) is 31.5. The summed E-state index contributed by atoms with van der Waals surface area (Å²) in [5.74, 6) is -0.139. The van der Waals surface area contributed by atoms with Crippen LogP contribution in [0.5, 0.6) is 0 Å². The fraction of sp³-hybridized carbons (Fsp3) is 0.872. The average Bonchev–Trinajstić information content (AvgIpc) is 3.02. The Morgan fingerprint density at radius 2 is 1.51 bits per heavy atom. The van der Waals surface area contributed by atoms with E-state index >= 15 is 0 Å². The number of rotatable bonds is 16. The van der Waals surface area contributed by atoms with Gasteiger partial charge in [-0.2, -0.15) is 5.26 Å². The molecule has 5 rings (SSSR count). The molecule has 4 bridgehead atoms. The van der Waals surface area contributed by atoms with Crippen molar-refractivity contribution >= 4 is 23.9 Å². The van der Waals surface area contributed by atoms with Crippen molar-refractivity contribution in [2.24, 2.45) is 51.2 Å². The molecule has 5 fully saturated rings. The summed E-state index contributed by atoms with van der Waals surface area (Å²) < 4.78 is 28.6. The van der Waals surface area contributed by atoms with Gasteiger partial charge in [0.1, 0.15) is 12.2 Å². The van der Waals surface area contributed by atoms with Gasteiger partial charge in [0.05, 0.1) is 40.3 Å². The first-order valence-corrected chi connectivity index (χ1v) is 18.6. The molecule has 276 valence electrons. The largest absolute Gasteiger partial charge is 0.465 e. The Bertz CT molecular complexity index is 1260. The van der Waals surface area contributed by atoms with Crippen molar-refractivity contribution in [3.8, 4) is 6.07 Å². The molecule has 5 unspecified atom stereocenters. The molecule has 0 N–H and O–H groups in total. The van der Waals surface area contributed by atoms with Gasteiger partial charge in [0.2, 0.25) is 0 Å². The predicted molar refractivity (Wildman–Crippen MR) is 181 cm³/mol. The Hall–Kier alpha value is -2.67. The summed E-state index contributed by atoms with van der Waals surface area (Å²) in [5, 5.41) is 10.6. The van der Waals surface area contributed by atoms with E-state index in [1.54, 1.807) is 41.5 Å². The smallest absolute Gasteiger partial charge is 0.314 e. The molecule has 4 aliphatic carbocycles. The molecule has 0 aromatic rings. The molecule has 4 saturated carbocycles. The van der Waals surface area contributed by atoms with E-state index in [4.69, 9.17) is 23.7 Å². The Kier molecular flexibility index (Phi) is 11.9. The lowest BCUT2D eigenvalue weighted by atomic mass is 9.50. The zero-order chi connectivity index (χ0) is 36.4. The highest BCUT2D eigenvalue weighted by Gasteiger charge is 2.58. The van der Waals surface area contributed by atoms with Crippen LogP contribution < -0.4 is 0 Å². The molecule has 0 amide bonds. The summed E-state index contributed by atoms with van der Waals surface area (Å²) in [6.45, 7) is 16.9. The number of nitriles is 1. The van der Waals surface area contributed by atoms with Crippen LogP contribution in [-0.4, -0.2) is 55.6 Å². The number of carbonyl (C=O) groups excluding carboxylic acids is 4. The van der Waals surface area contributed by atoms with E-state index in [-0.39, 0.29) is 37.8 Å². The maximum absolute atomic E-state index is 14.2. The van der Waals surface area contributed by atoms with E-state index in [9.17, 15) is 24.4 Å². The first-order chi connectivity index (χ1) is 22.8. The van der Waals surface area contributed by atoms with Gasteiger partial charge in [0, 0.05) is 6.61 Å². The first-order valence-electron chi connectivity index (χ1n) is 18.6. The van der Waals surface area contributed by atoms with Crippen molar-refractivity contribution < 1.29 is 42.9 Å². The molecule has 0 spiro atoms. The molecule has 1 saturated heterocycles. The summed E-state index contributed by atoms with van der Waals surface area (Å²) in [4.78, 5) is 53.9. The third-order valence-electron chi connectivity index (χ3n) is 12.4. The van der Waals surface area contributed by atoms with Gasteiger partial charge in [-0.05, 0) is 150 Å². The Morgan fingerprint density at radius 3 is 2.04 bits per heavy atom. The minimum absolute atomic E-state index is 0.0224. The topological polar surface area (TPSA) is 138 Å². The third-order valence-corrected chi connectivity index (χ3v) is 12.4. The maximum atomic E-state index is 14.2. The van der Waals surface area contributed by atoms with Crippen LogP contribution in [0.4, 0.5) is 0 Å². The fourth-order valence-corrected chi connectivity index (χ4v) is 9.89. The van der Waals surface area contributed by atoms with Gasteiger partial charge in [-0.15, -0.1) is 0 Å². The van der Waals surface area contributed by atoms with Gasteiger partial charge >= 0.3 is 23.9 Å². The highest BCUT2D eigenvalue weighted by molar-refractivity contribution is 5.81. The van der Waals surface area contributed by atoms with Crippen LogP contribution in [0, 0.1) is 62.6 Å². The zero-order valence-electron chi connectivity index (χ0n) is 31.5. The Labute approximate surface area is 293 Å². The molecule has 1 aliphatic heterocycles. The number of carbonyl (C=O) groups is 4. The van der Waals surface area contributed by atoms with E-state index in [1.807, 2.05) is 13.8 Å². The van der Waals surface area contributed by atoms with Gasteiger partial charge in [0.25, 0.3) is 0 Å². The van der Waals surface area contributed by atoms with E-state index in [1.165, 1.54) is 6.42 Å². The minimum atomic E-state index is -1.31. The van der Waals surface area contributed by atoms with Gasteiger partial charge in [-0.1, -0.05) is 6.92 Å². The summed E-state index contributed by atoms with van der Waals surface area (Å²) in [7, 11) is 0.